The van der Waals surface area contributed by atoms with E-state index < -0.39 is 5.97 Å². The van der Waals surface area contributed by atoms with Gasteiger partial charge in [0.05, 0.1) is 11.7 Å². The minimum Gasteiger partial charge on any atom is -0.480 e. The van der Waals surface area contributed by atoms with E-state index in [1.807, 2.05) is 18.2 Å². The van der Waals surface area contributed by atoms with Crippen LogP contribution in [0.4, 0.5) is 5.69 Å². The molecular formula is C9H9N3O2. The Bertz CT molecular complexity index is 464. The van der Waals surface area contributed by atoms with Crippen LogP contribution in [0.1, 0.15) is 0 Å². The van der Waals surface area contributed by atoms with E-state index in [1.165, 1.54) is 0 Å². The summed E-state index contributed by atoms with van der Waals surface area (Å²) >= 11 is 0. The summed E-state index contributed by atoms with van der Waals surface area (Å²) in [6.45, 7) is -0.0837. The van der Waals surface area contributed by atoms with E-state index in [4.69, 9.17) is 5.11 Å². The van der Waals surface area contributed by atoms with Crippen molar-refractivity contribution in [1.29, 1.82) is 0 Å². The first-order valence-corrected chi connectivity index (χ1v) is 4.14. The van der Waals surface area contributed by atoms with Crippen LogP contribution in [0, 0.1) is 0 Å². The Labute approximate surface area is 79.7 Å². The first-order chi connectivity index (χ1) is 6.75. The minimum absolute atomic E-state index is 0.0837. The quantitative estimate of drug-likeness (QED) is 0.677. The Morgan fingerprint density at radius 1 is 1.57 bits per heavy atom. The van der Waals surface area contributed by atoms with Gasteiger partial charge in [-0.25, -0.2) is 0 Å². The third-order valence-corrected chi connectivity index (χ3v) is 1.89. The average Bonchev–Trinajstić information content (AvgIpc) is 2.61. The molecule has 5 heteroatoms. The molecule has 0 amide bonds. The lowest BCUT2D eigenvalue weighted by Gasteiger charge is -2.02. The molecule has 72 valence electrons. The monoisotopic (exact) mass is 191 g/mol. The number of carboxylic acids is 1. The molecule has 0 spiro atoms. The molecule has 0 saturated heterocycles. The number of hydrogen-bond donors (Lipinski definition) is 3. The number of carbonyl (C=O) groups is 1. The fourth-order valence-electron chi connectivity index (χ4n) is 1.22. The number of rotatable bonds is 3. The van der Waals surface area contributed by atoms with Crippen molar-refractivity contribution in [2.24, 2.45) is 0 Å². The zero-order valence-electron chi connectivity index (χ0n) is 7.32. The zero-order chi connectivity index (χ0) is 9.97. The maximum atomic E-state index is 10.3. The van der Waals surface area contributed by atoms with E-state index in [2.05, 4.69) is 15.5 Å². The Kier molecular flexibility index (Phi) is 2.06. The van der Waals surface area contributed by atoms with Gasteiger partial charge >= 0.3 is 5.97 Å². The Morgan fingerprint density at radius 3 is 3.21 bits per heavy atom. The van der Waals surface area contributed by atoms with Crippen molar-refractivity contribution in [3.63, 3.8) is 0 Å². The van der Waals surface area contributed by atoms with E-state index >= 15 is 0 Å². The standard InChI is InChI=1S/C9H9N3O2/c13-9(14)5-10-7-2-1-6-4-11-12-8(6)3-7/h1-4,10H,5H2,(H,11,12)(H,13,14). The normalized spacial score (nSPS) is 10.3. The summed E-state index contributed by atoms with van der Waals surface area (Å²) in [4.78, 5) is 10.3. The number of aromatic nitrogens is 2. The second kappa shape index (κ2) is 3.37. The second-order valence-electron chi connectivity index (χ2n) is 2.92. The van der Waals surface area contributed by atoms with Crippen molar-refractivity contribution in [2.75, 3.05) is 11.9 Å². The SMILES string of the molecule is O=C(O)CNc1ccc2cn[nH]c2c1. The first kappa shape index (κ1) is 8.55. The molecule has 0 radical (unpaired) electrons. The topological polar surface area (TPSA) is 78.0 Å². The van der Waals surface area contributed by atoms with Crippen LogP contribution in [-0.4, -0.2) is 27.8 Å². The fraction of sp³-hybridized carbons (Fsp3) is 0.111. The van der Waals surface area contributed by atoms with Crippen LogP contribution in [0.3, 0.4) is 0 Å². The molecule has 5 nitrogen and oxygen atoms in total. The summed E-state index contributed by atoms with van der Waals surface area (Å²) < 4.78 is 0. The predicted octanol–water partition coefficient (Wildman–Crippen LogP) is 1.06. The van der Waals surface area contributed by atoms with E-state index in [0.29, 0.717) is 0 Å². The Hall–Kier alpha value is -2.04. The fourth-order valence-corrected chi connectivity index (χ4v) is 1.22. The Morgan fingerprint density at radius 2 is 2.43 bits per heavy atom. The van der Waals surface area contributed by atoms with Crippen LogP contribution in [0.5, 0.6) is 0 Å². The molecule has 14 heavy (non-hydrogen) atoms. The van der Waals surface area contributed by atoms with Crippen LogP contribution in [0.2, 0.25) is 0 Å². The summed E-state index contributed by atoms with van der Waals surface area (Å²) in [5, 5.41) is 18.9. The summed E-state index contributed by atoms with van der Waals surface area (Å²) in [7, 11) is 0. The molecule has 1 heterocycles. The van der Waals surface area contributed by atoms with E-state index in [1.54, 1.807) is 6.20 Å². The van der Waals surface area contributed by atoms with Gasteiger partial charge in [0.25, 0.3) is 0 Å². The molecular weight excluding hydrogens is 182 g/mol. The van der Waals surface area contributed by atoms with Gasteiger partial charge in [-0.2, -0.15) is 5.10 Å². The lowest BCUT2D eigenvalue weighted by molar-refractivity contribution is -0.134. The van der Waals surface area contributed by atoms with Crippen LogP contribution in [0.15, 0.2) is 24.4 Å². The predicted molar refractivity (Wildman–Crippen MR) is 52.2 cm³/mol. The van der Waals surface area contributed by atoms with Gasteiger partial charge in [0, 0.05) is 11.1 Å². The molecule has 2 aromatic rings. The molecule has 0 fully saturated rings. The lowest BCUT2D eigenvalue weighted by atomic mass is 10.2. The van der Waals surface area contributed by atoms with Crippen LogP contribution >= 0.6 is 0 Å². The van der Waals surface area contributed by atoms with Gasteiger partial charge in [0.1, 0.15) is 6.54 Å². The molecule has 0 atom stereocenters. The first-order valence-electron chi connectivity index (χ1n) is 4.14. The molecule has 1 aromatic carbocycles. The molecule has 0 bridgehead atoms. The van der Waals surface area contributed by atoms with Gasteiger partial charge in [-0.3, -0.25) is 9.89 Å². The van der Waals surface area contributed by atoms with Crippen molar-refractivity contribution in [3.05, 3.63) is 24.4 Å². The number of nitrogens with zero attached hydrogens (tertiary/aromatic N) is 1. The highest BCUT2D eigenvalue weighted by molar-refractivity contribution is 5.82. The third kappa shape index (κ3) is 1.66. The number of aromatic amines is 1. The van der Waals surface area contributed by atoms with Crippen molar-refractivity contribution in [3.8, 4) is 0 Å². The van der Waals surface area contributed by atoms with E-state index in [-0.39, 0.29) is 6.54 Å². The number of hydrogen-bond acceptors (Lipinski definition) is 3. The van der Waals surface area contributed by atoms with Gasteiger partial charge in [-0.05, 0) is 18.2 Å². The van der Waals surface area contributed by atoms with Gasteiger partial charge in [-0.1, -0.05) is 0 Å². The summed E-state index contributed by atoms with van der Waals surface area (Å²) in [6.07, 6.45) is 1.72. The van der Waals surface area contributed by atoms with E-state index in [0.717, 1.165) is 16.6 Å². The maximum Gasteiger partial charge on any atom is 0.322 e. The number of anilines is 1. The van der Waals surface area contributed by atoms with Gasteiger partial charge in [0.2, 0.25) is 0 Å². The highest BCUT2D eigenvalue weighted by Crippen LogP contribution is 2.15. The molecule has 2 rings (SSSR count). The summed E-state index contributed by atoms with van der Waals surface area (Å²) in [6, 6.07) is 5.52. The number of benzene rings is 1. The van der Waals surface area contributed by atoms with Crippen molar-refractivity contribution in [2.45, 2.75) is 0 Å². The molecule has 3 N–H and O–H groups in total. The number of carboxylic acid groups (broad SMARTS) is 1. The zero-order valence-corrected chi connectivity index (χ0v) is 7.32. The third-order valence-electron chi connectivity index (χ3n) is 1.89. The smallest absolute Gasteiger partial charge is 0.322 e. The van der Waals surface area contributed by atoms with Crippen LogP contribution < -0.4 is 5.32 Å². The summed E-state index contributed by atoms with van der Waals surface area (Å²) in [5.74, 6) is -0.880. The second-order valence-corrected chi connectivity index (χ2v) is 2.92. The van der Waals surface area contributed by atoms with Crippen molar-refractivity contribution >= 4 is 22.6 Å². The summed E-state index contributed by atoms with van der Waals surface area (Å²) in [5.41, 5.74) is 1.66. The van der Waals surface area contributed by atoms with Crippen LogP contribution in [-0.2, 0) is 4.79 Å². The highest BCUT2D eigenvalue weighted by Gasteiger charge is 1.99. The van der Waals surface area contributed by atoms with Crippen LogP contribution in [0.25, 0.3) is 10.9 Å². The largest absolute Gasteiger partial charge is 0.480 e. The maximum absolute atomic E-state index is 10.3. The number of nitrogens with one attached hydrogen (secondary N) is 2. The van der Waals surface area contributed by atoms with Crippen molar-refractivity contribution < 1.29 is 9.90 Å². The van der Waals surface area contributed by atoms with Gasteiger partial charge < -0.3 is 10.4 Å². The van der Waals surface area contributed by atoms with Crippen molar-refractivity contribution in [1.82, 2.24) is 10.2 Å². The minimum atomic E-state index is -0.880. The van der Waals surface area contributed by atoms with E-state index in [9.17, 15) is 4.79 Å². The number of fused-ring (bicyclic) bond motifs is 1. The van der Waals surface area contributed by atoms with Gasteiger partial charge in [-0.15, -0.1) is 0 Å². The molecule has 0 aliphatic rings. The average molecular weight is 191 g/mol. The molecule has 0 aliphatic carbocycles. The highest BCUT2D eigenvalue weighted by atomic mass is 16.4. The Balaban J connectivity index is 2.21. The lowest BCUT2D eigenvalue weighted by Crippen LogP contribution is -2.11. The van der Waals surface area contributed by atoms with Gasteiger partial charge in [0.15, 0.2) is 0 Å². The number of aliphatic carboxylic acids is 1. The molecule has 1 aromatic heterocycles. The molecule has 0 unspecified atom stereocenters. The molecule has 0 saturated carbocycles. The molecule has 0 aliphatic heterocycles. The number of H-pyrrole nitrogens is 1.